The molecule has 1 aromatic heterocycles. The van der Waals surface area contributed by atoms with Gasteiger partial charge >= 0.3 is 0 Å². The van der Waals surface area contributed by atoms with Crippen molar-refractivity contribution < 1.29 is 9.53 Å². The van der Waals surface area contributed by atoms with Crippen LogP contribution in [0.3, 0.4) is 0 Å². The summed E-state index contributed by atoms with van der Waals surface area (Å²) in [5, 5.41) is 4.08. The summed E-state index contributed by atoms with van der Waals surface area (Å²) < 4.78 is 5.45. The highest BCUT2D eigenvalue weighted by molar-refractivity contribution is 7.12. The number of hydrogen-bond acceptors (Lipinski definition) is 5. The maximum Gasteiger partial charge on any atom is 0.229 e. The monoisotopic (exact) mass is 407 g/mol. The van der Waals surface area contributed by atoms with Gasteiger partial charge in [0.2, 0.25) is 5.91 Å². The number of carbonyl (C=O) groups excluding carboxylic acids is 1. The fourth-order valence-electron chi connectivity index (χ4n) is 3.53. The molecule has 0 bridgehead atoms. The number of aryl methyl sites for hydroxylation is 2. The molecule has 3 aromatic rings. The number of nitrogens with zero attached hydrogens (tertiary/aromatic N) is 2. The first-order chi connectivity index (χ1) is 14.1. The number of thiazole rings is 1. The van der Waals surface area contributed by atoms with Gasteiger partial charge in [0.1, 0.15) is 0 Å². The third-order valence-electron chi connectivity index (χ3n) is 4.98. The molecule has 4 rings (SSSR count). The molecule has 1 aliphatic heterocycles. The molecule has 1 N–H and O–H groups in total. The van der Waals surface area contributed by atoms with Crippen LogP contribution in [0.25, 0.3) is 11.3 Å². The quantitative estimate of drug-likeness (QED) is 0.679. The van der Waals surface area contributed by atoms with Crippen molar-refractivity contribution >= 4 is 28.6 Å². The van der Waals surface area contributed by atoms with E-state index < -0.39 is 0 Å². The highest BCUT2D eigenvalue weighted by atomic mass is 32.1. The molecule has 0 radical (unpaired) electrons. The lowest BCUT2D eigenvalue weighted by Gasteiger charge is -2.30. The fourth-order valence-corrected chi connectivity index (χ4v) is 4.48. The minimum atomic E-state index is -0.0253. The van der Waals surface area contributed by atoms with Gasteiger partial charge in [-0.1, -0.05) is 42.0 Å². The molecule has 1 amide bonds. The molecule has 2 aromatic carbocycles. The molecule has 1 aliphatic rings. The Hall–Kier alpha value is -2.70. The molecule has 0 atom stereocenters. The van der Waals surface area contributed by atoms with Gasteiger partial charge in [0, 0.05) is 23.5 Å². The van der Waals surface area contributed by atoms with Gasteiger partial charge in [0.05, 0.1) is 41.7 Å². The van der Waals surface area contributed by atoms with Gasteiger partial charge in [0.25, 0.3) is 0 Å². The Morgan fingerprint density at radius 3 is 2.59 bits per heavy atom. The van der Waals surface area contributed by atoms with Crippen molar-refractivity contribution in [1.29, 1.82) is 0 Å². The lowest BCUT2D eigenvalue weighted by molar-refractivity contribution is -0.115. The van der Waals surface area contributed by atoms with Gasteiger partial charge in [-0.3, -0.25) is 4.79 Å². The Labute approximate surface area is 175 Å². The zero-order chi connectivity index (χ0) is 20.2. The predicted octanol–water partition coefficient (Wildman–Crippen LogP) is 4.44. The number of benzene rings is 2. The Morgan fingerprint density at radius 2 is 1.83 bits per heavy atom. The first-order valence-electron chi connectivity index (χ1n) is 9.85. The van der Waals surface area contributed by atoms with Crippen LogP contribution in [0.15, 0.2) is 48.5 Å². The molecular weight excluding hydrogens is 382 g/mol. The minimum absolute atomic E-state index is 0.0253. The Kier molecular flexibility index (Phi) is 5.92. The van der Waals surface area contributed by atoms with Crippen molar-refractivity contribution in [3.05, 3.63) is 64.0 Å². The Balaban J connectivity index is 1.52. The molecule has 2 heterocycles. The summed E-state index contributed by atoms with van der Waals surface area (Å²) in [7, 11) is 0. The fraction of sp³-hybridized carbons (Fsp3) is 0.304. The average Bonchev–Trinajstić information content (AvgIpc) is 3.09. The highest BCUT2D eigenvalue weighted by Crippen LogP contribution is 2.30. The molecule has 5 nitrogen and oxygen atoms in total. The molecule has 0 aliphatic carbocycles. The average molecular weight is 408 g/mol. The number of ether oxygens (including phenoxy) is 1. The van der Waals surface area contributed by atoms with Crippen LogP contribution in [0, 0.1) is 13.8 Å². The summed E-state index contributed by atoms with van der Waals surface area (Å²) in [5.41, 5.74) is 5.06. The number of hydrogen-bond donors (Lipinski definition) is 1. The predicted molar refractivity (Wildman–Crippen MR) is 119 cm³/mol. The van der Waals surface area contributed by atoms with Crippen LogP contribution in [0.2, 0.25) is 0 Å². The Morgan fingerprint density at radius 1 is 1.10 bits per heavy atom. The van der Waals surface area contributed by atoms with Crippen molar-refractivity contribution in [1.82, 2.24) is 4.98 Å². The molecule has 6 heteroatoms. The molecule has 150 valence electrons. The van der Waals surface area contributed by atoms with E-state index >= 15 is 0 Å². The van der Waals surface area contributed by atoms with Crippen molar-refractivity contribution in [2.75, 3.05) is 36.5 Å². The lowest BCUT2D eigenvalue weighted by atomic mass is 10.1. The van der Waals surface area contributed by atoms with E-state index in [1.54, 1.807) is 11.3 Å². The van der Waals surface area contributed by atoms with Gasteiger partial charge in [-0.05, 0) is 26.0 Å². The second-order valence-corrected chi connectivity index (χ2v) is 8.50. The smallest absolute Gasteiger partial charge is 0.229 e. The Bertz CT molecular complexity index is 992. The van der Waals surface area contributed by atoms with Gasteiger partial charge < -0.3 is 15.0 Å². The van der Waals surface area contributed by atoms with Crippen molar-refractivity contribution in [2.24, 2.45) is 0 Å². The molecule has 1 saturated heterocycles. The number of nitrogens with one attached hydrogen (secondary N) is 1. The maximum absolute atomic E-state index is 12.9. The van der Waals surface area contributed by atoms with E-state index in [1.165, 1.54) is 5.56 Å². The summed E-state index contributed by atoms with van der Waals surface area (Å²) in [6.45, 7) is 7.13. The number of carbonyl (C=O) groups is 1. The van der Waals surface area contributed by atoms with E-state index in [2.05, 4.69) is 52.5 Å². The lowest BCUT2D eigenvalue weighted by Crippen LogP contribution is -2.36. The number of morpholine rings is 1. The SMILES string of the molecule is Cc1ccc(-c2nc(C)sc2CC(=O)Nc2ccccc2N2CCOCC2)cc1. The van der Waals surface area contributed by atoms with Crippen LogP contribution in [-0.4, -0.2) is 37.2 Å². The van der Waals surface area contributed by atoms with E-state index in [4.69, 9.17) is 4.74 Å². The standard InChI is InChI=1S/C23H25N3O2S/c1-16-7-9-18(10-8-16)23-21(29-17(2)24-23)15-22(27)25-19-5-3-4-6-20(19)26-11-13-28-14-12-26/h3-10H,11-15H2,1-2H3,(H,25,27). The van der Waals surface area contributed by atoms with Crippen LogP contribution < -0.4 is 10.2 Å². The normalized spacial score (nSPS) is 14.1. The van der Waals surface area contributed by atoms with Crippen molar-refractivity contribution in [2.45, 2.75) is 20.3 Å². The number of amides is 1. The first kappa shape index (κ1) is 19.6. The maximum atomic E-state index is 12.9. The van der Waals surface area contributed by atoms with Crippen LogP contribution in [0.1, 0.15) is 15.4 Å². The number of rotatable bonds is 5. The van der Waals surface area contributed by atoms with Crippen LogP contribution in [0.4, 0.5) is 11.4 Å². The highest BCUT2D eigenvalue weighted by Gasteiger charge is 2.18. The topological polar surface area (TPSA) is 54.5 Å². The first-order valence-corrected chi connectivity index (χ1v) is 10.7. The summed E-state index contributed by atoms with van der Waals surface area (Å²) in [4.78, 5) is 20.8. The molecule has 0 unspecified atom stereocenters. The summed E-state index contributed by atoms with van der Waals surface area (Å²) >= 11 is 1.59. The molecule has 1 fully saturated rings. The second-order valence-electron chi connectivity index (χ2n) is 7.21. The zero-order valence-corrected chi connectivity index (χ0v) is 17.6. The third-order valence-corrected chi connectivity index (χ3v) is 5.95. The van der Waals surface area contributed by atoms with E-state index in [9.17, 15) is 4.79 Å². The van der Waals surface area contributed by atoms with E-state index in [1.807, 2.05) is 25.1 Å². The largest absolute Gasteiger partial charge is 0.378 e. The second kappa shape index (κ2) is 8.76. The molecule has 29 heavy (non-hydrogen) atoms. The zero-order valence-electron chi connectivity index (χ0n) is 16.8. The van der Waals surface area contributed by atoms with Crippen molar-refractivity contribution in [3.63, 3.8) is 0 Å². The van der Waals surface area contributed by atoms with Gasteiger partial charge in [0.15, 0.2) is 0 Å². The molecule has 0 saturated carbocycles. The number of para-hydroxylation sites is 2. The summed E-state index contributed by atoms with van der Waals surface area (Å²) in [6.07, 6.45) is 0.312. The van der Waals surface area contributed by atoms with Gasteiger partial charge in [-0.25, -0.2) is 4.98 Å². The van der Waals surface area contributed by atoms with Gasteiger partial charge in [-0.15, -0.1) is 11.3 Å². The number of anilines is 2. The van der Waals surface area contributed by atoms with E-state index in [-0.39, 0.29) is 5.91 Å². The van der Waals surface area contributed by atoms with E-state index in [0.717, 1.165) is 45.6 Å². The summed E-state index contributed by atoms with van der Waals surface area (Å²) in [6, 6.07) is 16.3. The van der Waals surface area contributed by atoms with Crippen molar-refractivity contribution in [3.8, 4) is 11.3 Å². The molecular formula is C23H25N3O2S. The van der Waals surface area contributed by atoms with Crippen LogP contribution >= 0.6 is 11.3 Å². The van der Waals surface area contributed by atoms with E-state index in [0.29, 0.717) is 19.6 Å². The number of aromatic nitrogens is 1. The minimum Gasteiger partial charge on any atom is -0.378 e. The van der Waals surface area contributed by atoms with Crippen LogP contribution in [0.5, 0.6) is 0 Å². The molecule has 0 spiro atoms. The summed E-state index contributed by atoms with van der Waals surface area (Å²) in [5.74, 6) is -0.0253. The van der Waals surface area contributed by atoms with Gasteiger partial charge in [-0.2, -0.15) is 0 Å². The third kappa shape index (κ3) is 4.66. The van der Waals surface area contributed by atoms with Crippen LogP contribution in [-0.2, 0) is 16.0 Å².